The van der Waals surface area contributed by atoms with Gasteiger partial charge in [0.2, 0.25) is 0 Å². The molecule has 0 saturated heterocycles. The van der Waals surface area contributed by atoms with E-state index in [1.807, 2.05) is 0 Å². The Morgan fingerprint density at radius 2 is 1.54 bits per heavy atom. The van der Waals surface area contributed by atoms with Crippen molar-refractivity contribution in [1.29, 1.82) is 0 Å². The predicted molar refractivity (Wildman–Crippen MR) is 56.5 cm³/mol. The van der Waals surface area contributed by atoms with Gasteiger partial charge >= 0.3 is 0 Å². The first-order valence-electron chi connectivity index (χ1n) is 6.07. The third-order valence-electron chi connectivity index (χ3n) is 4.48. The van der Waals surface area contributed by atoms with Gasteiger partial charge in [0, 0.05) is 0 Å². The van der Waals surface area contributed by atoms with Crippen LogP contribution in [0.15, 0.2) is 0 Å². The van der Waals surface area contributed by atoms with Crippen LogP contribution in [0.25, 0.3) is 0 Å². The van der Waals surface area contributed by atoms with E-state index in [0.717, 1.165) is 12.5 Å². The summed E-state index contributed by atoms with van der Waals surface area (Å²) in [5.74, 6) is 0.980. The molecule has 1 heteroatoms. The molecule has 0 heterocycles. The lowest BCUT2D eigenvalue weighted by molar-refractivity contribution is 0.0937. The fraction of sp³-hybridized carbons (Fsp3) is 1.00. The monoisotopic (exact) mass is 181 g/mol. The highest BCUT2D eigenvalue weighted by Gasteiger charge is 2.39. The summed E-state index contributed by atoms with van der Waals surface area (Å²) in [7, 11) is 0. The Balaban J connectivity index is 2.11. The molecular weight excluding hydrogens is 158 g/mol. The van der Waals surface area contributed by atoms with E-state index in [1.54, 1.807) is 0 Å². The first-order chi connectivity index (χ1) is 6.37. The van der Waals surface area contributed by atoms with E-state index in [1.165, 1.54) is 57.8 Å². The van der Waals surface area contributed by atoms with Crippen molar-refractivity contribution < 1.29 is 0 Å². The van der Waals surface area contributed by atoms with Crippen molar-refractivity contribution in [3.05, 3.63) is 0 Å². The molecule has 2 rings (SSSR count). The minimum atomic E-state index is 0.578. The van der Waals surface area contributed by atoms with E-state index in [4.69, 9.17) is 5.73 Å². The van der Waals surface area contributed by atoms with Gasteiger partial charge in [-0.05, 0) is 43.6 Å². The second kappa shape index (κ2) is 4.00. The van der Waals surface area contributed by atoms with E-state index >= 15 is 0 Å². The Labute approximate surface area is 82.1 Å². The zero-order valence-corrected chi connectivity index (χ0v) is 8.73. The van der Waals surface area contributed by atoms with Crippen LogP contribution in [0, 0.1) is 11.3 Å². The molecule has 2 atom stereocenters. The van der Waals surface area contributed by atoms with Crippen LogP contribution in [0.1, 0.15) is 57.8 Å². The van der Waals surface area contributed by atoms with Crippen molar-refractivity contribution in [2.75, 3.05) is 6.54 Å². The lowest BCUT2D eigenvalue weighted by Crippen LogP contribution is -2.39. The van der Waals surface area contributed by atoms with Gasteiger partial charge in [-0.1, -0.05) is 32.1 Å². The first kappa shape index (κ1) is 9.51. The quantitative estimate of drug-likeness (QED) is 0.661. The van der Waals surface area contributed by atoms with Gasteiger partial charge in [0.1, 0.15) is 0 Å². The number of hydrogen-bond donors (Lipinski definition) is 1. The summed E-state index contributed by atoms with van der Waals surface area (Å²) in [6, 6.07) is 0. The number of hydrogen-bond acceptors (Lipinski definition) is 1. The maximum Gasteiger partial charge on any atom is -0.00179 e. The number of nitrogens with two attached hydrogens (primary N) is 1. The van der Waals surface area contributed by atoms with Crippen molar-refractivity contribution in [2.45, 2.75) is 57.8 Å². The van der Waals surface area contributed by atoms with Gasteiger partial charge < -0.3 is 5.73 Å². The highest BCUT2D eigenvalue weighted by atomic mass is 14.6. The Hall–Kier alpha value is -0.0400. The standard InChI is InChI=1S/C12H23N/c13-10-12-8-4-1-2-6-11(12)7-3-5-9-12/h11H,1-10,13H2. The molecule has 2 unspecified atom stereocenters. The molecular formula is C12H23N. The molecule has 0 aromatic heterocycles. The summed E-state index contributed by atoms with van der Waals surface area (Å²) in [6.45, 7) is 0.956. The maximum absolute atomic E-state index is 6.02. The summed E-state index contributed by atoms with van der Waals surface area (Å²) in [4.78, 5) is 0. The second-order valence-corrected chi connectivity index (χ2v) is 5.11. The summed E-state index contributed by atoms with van der Waals surface area (Å²) >= 11 is 0. The summed E-state index contributed by atoms with van der Waals surface area (Å²) < 4.78 is 0. The molecule has 2 fully saturated rings. The van der Waals surface area contributed by atoms with E-state index in [9.17, 15) is 0 Å². The lowest BCUT2D eigenvalue weighted by atomic mass is 9.64. The molecule has 0 amide bonds. The Bertz CT molecular complexity index is 167. The average Bonchev–Trinajstić information content (AvgIpc) is 2.40. The number of fused-ring (bicyclic) bond motifs is 1. The van der Waals surface area contributed by atoms with Crippen LogP contribution in [0.4, 0.5) is 0 Å². The minimum Gasteiger partial charge on any atom is -0.330 e. The van der Waals surface area contributed by atoms with E-state index in [2.05, 4.69) is 0 Å². The van der Waals surface area contributed by atoms with Crippen molar-refractivity contribution in [3.8, 4) is 0 Å². The molecule has 0 spiro atoms. The Kier molecular flexibility index (Phi) is 2.92. The fourth-order valence-corrected chi connectivity index (χ4v) is 3.57. The van der Waals surface area contributed by atoms with Gasteiger partial charge in [-0.3, -0.25) is 0 Å². The van der Waals surface area contributed by atoms with Gasteiger partial charge in [-0.15, -0.1) is 0 Å². The fourth-order valence-electron chi connectivity index (χ4n) is 3.57. The molecule has 76 valence electrons. The van der Waals surface area contributed by atoms with Crippen molar-refractivity contribution in [2.24, 2.45) is 17.1 Å². The zero-order chi connectivity index (χ0) is 9.15. The molecule has 2 aliphatic rings. The van der Waals surface area contributed by atoms with E-state index in [0.29, 0.717) is 5.41 Å². The van der Waals surface area contributed by atoms with Crippen LogP contribution in [-0.4, -0.2) is 6.54 Å². The molecule has 0 bridgehead atoms. The topological polar surface area (TPSA) is 26.0 Å². The van der Waals surface area contributed by atoms with Gasteiger partial charge in [-0.25, -0.2) is 0 Å². The third kappa shape index (κ3) is 1.76. The van der Waals surface area contributed by atoms with Gasteiger partial charge in [-0.2, -0.15) is 0 Å². The minimum absolute atomic E-state index is 0.578. The summed E-state index contributed by atoms with van der Waals surface area (Å²) in [5, 5.41) is 0. The second-order valence-electron chi connectivity index (χ2n) is 5.11. The van der Waals surface area contributed by atoms with Crippen molar-refractivity contribution in [1.82, 2.24) is 0 Å². The zero-order valence-electron chi connectivity index (χ0n) is 8.73. The van der Waals surface area contributed by atoms with Crippen LogP contribution in [0.5, 0.6) is 0 Å². The smallest absolute Gasteiger partial charge is 0.00179 e. The molecule has 13 heavy (non-hydrogen) atoms. The average molecular weight is 181 g/mol. The van der Waals surface area contributed by atoms with Gasteiger partial charge in [0.25, 0.3) is 0 Å². The third-order valence-corrected chi connectivity index (χ3v) is 4.48. The highest BCUT2D eigenvalue weighted by molar-refractivity contribution is 4.91. The maximum atomic E-state index is 6.02. The number of rotatable bonds is 1. The summed E-state index contributed by atoms with van der Waals surface area (Å²) in [5.41, 5.74) is 6.60. The van der Waals surface area contributed by atoms with Crippen LogP contribution in [-0.2, 0) is 0 Å². The van der Waals surface area contributed by atoms with Crippen LogP contribution in [0.3, 0.4) is 0 Å². The van der Waals surface area contributed by atoms with Crippen molar-refractivity contribution >= 4 is 0 Å². The molecule has 2 saturated carbocycles. The largest absolute Gasteiger partial charge is 0.330 e. The van der Waals surface area contributed by atoms with Gasteiger partial charge in [0.05, 0.1) is 0 Å². The molecule has 1 nitrogen and oxygen atoms in total. The van der Waals surface area contributed by atoms with Crippen LogP contribution >= 0.6 is 0 Å². The molecule has 2 aliphatic carbocycles. The van der Waals surface area contributed by atoms with Crippen LogP contribution < -0.4 is 5.73 Å². The lowest BCUT2D eigenvalue weighted by Gasteiger charge is -2.43. The van der Waals surface area contributed by atoms with Crippen molar-refractivity contribution in [3.63, 3.8) is 0 Å². The summed E-state index contributed by atoms with van der Waals surface area (Å²) in [6.07, 6.45) is 13.1. The Morgan fingerprint density at radius 3 is 2.23 bits per heavy atom. The highest BCUT2D eigenvalue weighted by Crippen LogP contribution is 2.48. The molecule has 0 radical (unpaired) electrons. The molecule has 0 aromatic rings. The van der Waals surface area contributed by atoms with Gasteiger partial charge in [0.15, 0.2) is 0 Å². The predicted octanol–water partition coefficient (Wildman–Crippen LogP) is 3.09. The van der Waals surface area contributed by atoms with Crippen LogP contribution in [0.2, 0.25) is 0 Å². The van der Waals surface area contributed by atoms with E-state index < -0.39 is 0 Å². The SMILES string of the molecule is NCC12CCCCCC1CCCC2. The molecule has 2 N–H and O–H groups in total. The van der Waals surface area contributed by atoms with E-state index in [-0.39, 0.29) is 0 Å². The Morgan fingerprint density at radius 1 is 0.923 bits per heavy atom. The molecule has 0 aromatic carbocycles. The first-order valence-corrected chi connectivity index (χ1v) is 6.07. The molecule has 0 aliphatic heterocycles. The normalized spacial score (nSPS) is 40.8.